The third-order valence-electron chi connectivity index (χ3n) is 5.78. The van der Waals surface area contributed by atoms with E-state index in [4.69, 9.17) is 4.52 Å². The van der Waals surface area contributed by atoms with Crippen LogP contribution in [-0.4, -0.2) is 45.7 Å². The summed E-state index contributed by atoms with van der Waals surface area (Å²) in [7, 11) is 0. The standard InChI is InChI=1S/C20H23N3O4/c1-13-2-4-14(5-3-13)17-10-15(27-22-17)12-23-8-6-20(7-9-23)16(19(25)26)11-18(24)21-20/h2-5,10,16H,6-9,11-12H2,1H3,(H,21,24)(H,25,26)/t16-/m1/s1. The lowest BCUT2D eigenvalue weighted by Crippen LogP contribution is -2.55. The minimum atomic E-state index is -0.889. The van der Waals surface area contributed by atoms with Crippen LogP contribution in [0.1, 0.15) is 30.6 Å². The van der Waals surface area contributed by atoms with Crippen molar-refractivity contribution < 1.29 is 19.2 Å². The molecule has 0 aliphatic carbocycles. The van der Waals surface area contributed by atoms with Gasteiger partial charge in [-0.3, -0.25) is 14.5 Å². The van der Waals surface area contributed by atoms with Gasteiger partial charge in [-0.25, -0.2) is 0 Å². The fourth-order valence-corrected chi connectivity index (χ4v) is 4.17. The highest BCUT2D eigenvalue weighted by Gasteiger charge is 2.51. The van der Waals surface area contributed by atoms with Crippen molar-refractivity contribution in [1.82, 2.24) is 15.4 Å². The first kappa shape index (κ1) is 17.7. The Morgan fingerprint density at radius 3 is 2.70 bits per heavy atom. The van der Waals surface area contributed by atoms with Gasteiger partial charge in [0.05, 0.1) is 18.0 Å². The highest BCUT2D eigenvalue weighted by molar-refractivity contribution is 5.88. The summed E-state index contributed by atoms with van der Waals surface area (Å²) < 4.78 is 5.49. The molecule has 1 spiro atoms. The molecule has 0 unspecified atom stereocenters. The molecule has 2 saturated heterocycles. The third kappa shape index (κ3) is 3.47. The van der Waals surface area contributed by atoms with E-state index >= 15 is 0 Å². The van der Waals surface area contributed by atoms with E-state index in [9.17, 15) is 14.7 Å². The molecule has 2 N–H and O–H groups in total. The second-order valence-corrected chi connectivity index (χ2v) is 7.62. The number of carbonyl (C=O) groups is 2. The summed E-state index contributed by atoms with van der Waals surface area (Å²) >= 11 is 0. The van der Waals surface area contributed by atoms with Crippen molar-refractivity contribution in [3.63, 3.8) is 0 Å². The average Bonchev–Trinajstić information content (AvgIpc) is 3.23. The van der Waals surface area contributed by atoms with Gasteiger partial charge in [-0.15, -0.1) is 0 Å². The van der Waals surface area contributed by atoms with Crippen LogP contribution in [-0.2, 0) is 16.1 Å². The van der Waals surface area contributed by atoms with Gasteiger partial charge in [0.25, 0.3) is 0 Å². The number of hydrogen-bond donors (Lipinski definition) is 2. The number of aliphatic carboxylic acids is 1. The van der Waals surface area contributed by atoms with Gasteiger partial charge in [-0.05, 0) is 19.8 Å². The Bertz CT molecular complexity index is 850. The van der Waals surface area contributed by atoms with E-state index in [2.05, 4.69) is 15.4 Å². The number of benzene rings is 1. The Balaban J connectivity index is 1.39. The Hall–Kier alpha value is -2.67. The van der Waals surface area contributed by atoms with E-state index in [0.29, 0.717) is 32.5 Å². The average molecular weight is 369 g/mol. The van der Waals surface area contributed by atoms with Crippen LogP contribution in [0.2, 0.25) is 0 Å². The largest absolute Gasteiger partial charge is 0.481 e. The molecule has 4 rings (SSSR count). The number of carbonyl (C=O) groups excluding carboxylic acids is 1. The van der Waals surface area contributed by atoms with Crippen LogP contribution in [0.4, 0.5) is 0 Å². The van der Waals surface area contributed by atoms with Crippen LogP contribution < -0.4 is 5.32 Å². The molecule has 2 fully saturated rings. The highest BCUT2D eigenvalue weighted by Crippen LogP contribution is 2.37. The van der Waals surface area contributed by atoms with Crippen LogP contribution in [0.15, 0.2) is 34.9 Å². The van der Waals surface area contributed by atoms with E-state index in [0.717, 1.165) is 17.0 Å². The number of carboxylic acids is 1. The molecule has 0 radical (unpaired) electrons. The summed E-state index contributed by atoms with van der Waals surface area (Å²) in [6.07, 6.45) is 1.35. The fraction of sp³-hybridized carbons (Fsp3) is 0.450. The number of carboxylic acid groups (broad SMARTS) is 1. The van der Waals surface area contributed by atoms with Crippen molar-refractivity contribution in [2.45, 2.75) is 38.3 Å². The molecule has 142 valence electrons. The zero-order chi connectivity index (χ0) is 19.0. The quantitative estimate of drug-likeness (QED) is 0.858. The lowest BCUT2D eigenvalue weighted by atomic mass is 9.78. The molecule has 1 atom stereocenters. The Labute approximate surface area is 157 Å². The van der Waals surface area contributed by atoms with Gasteiger partial charge in [0.1, 0.15) is 5.69 Å². The molecule has 0 bridgehead atoms. The first-order valence-corrected chi connectivity index (χ1v) is 9.24. The van der Waals surface area contributed by atoms with Gasteiger partial charge in [0.15, 0.2) is 5.76 Å². The van der Waals surface area contributed by atoms with Crippen LogP contribution in [0.5, 0.6) is 0 Å². The molecule has 2 aliphatic heterocycles. The number of hydrogen-bond acceptors (Lipinski definition) is 5. The summed E-state index contributed by atoms with van der Waals surface area (Å²) in [5.74, 6) is -0.897. The zero-order valence-corrected chi connectivity index (χ0v) is 15.3. The predicted molar refractivity (Wildman–Crippen MR) is 97.8 cm³/mol. The first-order valence-electron chi connectivity index (χ1n) is 9.24. The van der Waals surface area contributed by atoms with Gasteiger partial charge in [0.2, 0.25) is 5.91 Å². The van der Waals surface area contributed by atoms with Crippen molar-refractivity contribution in [2.24, 2.45) is 5.92 Å². The number of amides is 1. The molecule has 3 heterocycles. The minimum absolute atomic E-state index is 0.0807. The van der Waals surface area contributed by atoms with E-state index in [1.54, 1.807) is 0 Å². The van der Waals surface area contributed by atoms with Crippen molar-refractivity contribution >= 4 is 11.9 Å². The van der Waals surface area contributed by atoms with Gasteiger partial charge < -0.3 is 14.9 Å². The number of piperidine rings is 1. The molecule has 2 aliphatic rings. The monoisotopic (exact) mass is 369 g/mol. The number of nitrogens with one attached hydrogen (secondary N) is 1. The maximum atomic E-state index is 11.8. The summed E-state index contributed by atoms with van der Waals surface area (Å²) in [5, 5.41) is 16.5. The van der Waals surface area contributed by atoms with E-state index in [-0.39, 0.29) is 12.3 Å². The van der Waals surface area contributed by atoms with Crippen molar-refractivity contribution in [2.75, 3.05) is 13.1 Å². The number of aryl methyl sites for hydroxylation is 1. The van der Waals surface area contributed by atoms with Gasteiger partial charge in [-0.1, -0.05) is 35.0 Å². The molecular formula is C20H23N3O4. The van der Waals surface area contributed by atoms with Gasteiger partial charge in [-0.2, -0.15) is 0 Å². The lowest BCUT2D eigenvalue weighted by molar-refractivity contribution is -0.144. The maximum absolute atomic E-state index is 11.8. The highest BCUT2D eigenvalue weighted by atomic mass is 16.5. The Morgan fingerprint density at radius 1 is 1.33 bits per heavy atom. The zero-order valence-electron chi connectivity index (χ0n) is 15.3. The van der Waals surface area contributed by atoms with Crippen LogP contribution in [0.25, 0.3) is 11.3 Å². The van der Waals surface area contributed by atoms with Gasteiger partial charge >= 0.3 is 5.97 Å². The van der Waals surface area contributed by atoms with Crippen LogP contribution in [0.3, 0.4) is 0 Å². The molecule has 1 amide bonds. The smallest absolute Gasteiger partial charge is 0.309 e. The van der Waals surface area contributed by atoms with Crippen molar-refractivity contribution in [1.29, 1.82) is 0 Å². The summed E-state index contributed by atoms with van der Waals surface area (Å²) in [6, 6.07) is 10.1. The molecule has 27 heavy (non-hydrogen) atoms. The van der Waals surface area contributed by atoms with Crippen LogP contribution in [0, 0.1) is 12.8 Å². The molecule has 0 saturated carbocycles. The molecule has 1 aromatic heterocycles. The predicted octanol–water partition coefficient (Wildman–Crippen LogP) is 2.21. The fourth-order valence-electron chi connectivity index (χ4n) is 4.17. The number of aromatic nitrogens is 1. The second-order valence-electron chi connectivity index (χ2n) is 7.62. The van der Waals surface area contributed by atoms with Crippen molar-refractivity contribution in [3.8, 4) is 11.3 Å². The molecular weight excluding hydrogens is 346 g/mol. The van der Waals surface area contributed by atoms with E-state index < -0.39 is 17.4 Å². The molecule has 2 aromatic rings. The summed E-state index contributed by atoms with van der Waals surface area (Å²) in [6.45, 7) is 4.10. The molecule has 7 nitrogen and oxygen atoms in total. The minimum Gasteiger partial charge on any atom is -0.481 e. The van der Waals surface area contributed by atoms with E-state index in [1.807, 2.05) is 37.3 Å². The Kier molecular flexibility index (Phi) is 4.47. The number of likely N-dealkylation sites (tertiary alicyclic amines) is 1. The number of rotatable bonds is 4. The maximum Gasteiger partial charge on any atom is 0.309 e. The van der Waals surface area contributed by atoms with Gasteiger partial charge in [0, 0.05) is 31.1 Å². The number of nitrogens with zero attached hydrogens (tertiary/aromatic N) is 2. The summed E-state index contributed by atoms with van der Waals surface area (Å²) in [4.78, 5) is 25.5. The first-order chi connectivity index (χ1) is 12.9. The second kappa shape index (κ2) is 6.81. The van der Waals surface area contributed by atoms with Crippen molar-refractivity contribution in [3.05, 3.63) is 41.7 Å². The lowest BCUT2D eigenvalue weighted by Gasteiger charge is -2.41. The summed E-state index contributed by atoms with van der Waals surface area (Å²) in [5.41, 5.74) is 2.43. The Morgan fingerprint density at radius 2 is 2.04 bits per heavy atom. The topological polar surface area (TPSA) is 95.7 Å². The molecule has 1 aromatic carbocycles. The SMILES string of the molecule is Cc1ccc(-c2cc(CN3CCC4(CC3)NC(=O)C[C@@H]4C(=O)O)on2)cc1. The normalized spacial score (nSPS) is 22.1. The third-order valence-corrected chi connectivity index (χ3v) is 5.78. The van der Waals surface area contributed by atoms with E-state index in [1.165, 1.54) is 5.56 Å². The molecule has 7 heteroatoms. The van der Waals surface area contributed by atoms with Crippen LogP contribution >= 0.6 is 0 Å².